The molecule has 3 aromatic rings. The van der Waals surface area contributed by atoms with Gasteiger partial charge in [-0.1, -0.05) is 18.2 Å². The van der Waals surface area contributed by atoms with Gasteiger partial charge in [0, 0.05) is 43.6 Å². The van der Waals surface area contributed by atoms with Gasteiger partial charge in [0.2, 0.25) is 5.95 Å². The number of hydrogen-bond acceptors (Lipinski definition) is 6. The first-order valence-electron chi connectivity index (χ1n) is 9.23. The average molecular weight is 378 g/mol. The summed E-state index contributed by atoms with van der Waals surface area (Å²) in [6.07, 6.45) is 9.32. The largest absolute Gasteiger partial charge is 0.388 e. The van der Waals surface area contributed by atoms with E-state index >= 15 is 0 Å². The highest BCUT2D eigenvalue weighted by Crippen LogP contribution is 2.25. The predicted molar refractivity (Wildman–Crippen MR) is 104 cm³/mol. The second kappa shape index (κ2) is 7.77. The van der Waals surface area contributed by atoms with Gasteiger partial charge in [0.05, 0.1) is 24.0 Å². The summed E-state index contributed by atoms with van der Waals surface area (Å²) in [5, 5.41) is 13.9. The zero-order valence-corrected chi connectivity index (χ0v) is 15.4. The number of benzene rings is 1. The molecule has 0 bridgehead atoms. The summed E-state index contributed by atoms with van der Waals surface area (Å²) in [6.45, 7) is 1.47. The van der Waals surface area contributed by atoms with Crippen LogP contribution in [0.1, 0.15) is 23.2 Å². The predicted octanol–water partition coefficient (Wildman–Crippen LogP) is 2.08. The Balaban J connectivity index is 1.35. The molecule has 144 valence electrons. The van der Waals surface area contributed by atoms with Crippen LogP contribution in [0.3, 0.4) is 0 Å². The first-order chi connectivity index (χ1) is 13.6. The average Bonchev–Trinajstić information content (AvgIpc) is 3.22. The van der Waals surface area contributed by atoms with Gasteiger partial charge in [-0.3, -0.25) is 4.79 Å². The van der Waals surface area contributed by atoms with E-state index < -0.39 is 5.60 Å². The van der Waals surface area contributed by atoms with Crippen molar-refractivity contribution in [2.24, 2.45) is 0 Å². The van der Waals surface area contributed by atoms with Crippen molar-refractivity contribution in [1.29, 1.82) is 0 Å². The number of carbonyl (C=O) groups is 1. The van der Waals surface area contributed by atoms with Gasteiger partial charge in [0.15, 0.2) is 0 Å². The number of piperidine rings is 1. The standard InChI is InChI=1S/C20H22N6O2/c27-18(16-12-22-19(23-13-16)24-17-4-2-1-3-5-17)26-9-6-20(28,7-10-26)14-25-11-8-21-15-25/h1-5,8,11-13,15,28H,6-7,9-10,14H2,(H,22,23,24). The zero-order valence-electron chi connectivity index (χ0n) is 15.4. The van der Waals surface area contributed by atoms with Gasteiger partial charge in [-0.25, -0.2) is 15.0 Å². The number of para-hydroxylation sites is 1. The lowest BCUT2D eigenvalue weighted by Gasteiger charge is -2.38. The van der Waals surface area contributed by atoms with E-state index in [0.29, 0.717) is 44.0 Å². The summed E-state index contributed by atoms with van der Waals surface area (Å²) in [6, 6.07) is 9.61. The monoisotopic (exact) mass is 378 g/mol. The smallest absolute Gasteiger partial charge is 0.256 e. The van der Waals surface area contributed by atoms with E-state index in [2.05, 4.69) is 20.3 Å². The summed E-state index contributed by atoms with van der Waals surface area (Å²) in [5.74, 6) is 0.326. The lowest BCUT2D eigenvalue weighted by Crippen LogP contribution is -2.48. The number of nitrogens with zero attached hydrogens (tertiary/aromatic N) is 5. The molecule has 4 rings (SSSR count). The summed E-state index contributed by atoms with van der Waals surface area (Å²) in [4.78, 5) is 26.9. The molecule has 0 aliphatic carbocycles. The van der Waals surface area contributed by atoms with Crippen molar-refractivity contribution in [2.75, 3.05) is 18.4 Å². The van der Waals surface area contributed by atoms with Gasteiger partial charge in [-0.15, -0.1) is 0 Å². The third-order valence-electron chi connectivity index (χ3n) is 4.95. The van der Waals surface area contributed by atoms with Crippen molar-refractivity contribution in [3.63, 3.8) is 0 Å². The van der Waals surface area contributed by atoms with E-state index in [-0.39, 0.29) is 5.91 Å². The minimum atomic E-state index is -0.822. The summed E-state index contributed by atoms with van der Waals surface area (Å²) >= 11 is 0. The van der Waals surface area contributed by atoms with Crippen molar-refractivity contribution in [2.45, 2.75) is 25.0 Å². The zero-order chi connectivity index (χ0) is 19.4. The van der Waals surface area contributed by atoms with Gasteiger partial charge in [0.25, 0.3) is 5.91 Å². The molecule has 1 amide bonds. The highest BCUT2D eigenvalue weighted by Gasteiger charge is 2.34. The topological polar surface area (TPSA) is 96.2 Å². The minimum absolute atomic E-state index is 0.115. The third-order valence-corrected chi connectivity index (χ3v) is 4.95. The SMILES string of the molecule is O=C(c1cnc(Nc2ccccc2)nc1)N1CCC(O)(Cn2ccnc2)CC1. The molecule has 1 aliphatic heterocycles. The molecule has 0 radical (unpaired) electrons. The van der Waals surface area contributed by atoms with Crippen LogP contribution in [0.5, 0.6) is 0 Å². The normalized spacial score (nSPS) is 16.0. The van der Waals surface area contributed by atoms with E-state index in [9.17, 15) is 9.90 Å². The Bertz CT molecular complexity index is 904. The van der Waals surface area contributed by atoms with Crippen molar-refractivity contribution in [3.8, 4) is 0 Å². The number of hydrogen-bond donors (Lipinski definition) is 2. The van der Waals surface area contributed by atoms with Crippen LogP contribution in [-0.4, -0.2) is 54.1 Å². The Kier molecular flexibility index (Phi) is 5.03. The second-order valence-electron chi connectivity index (χ2n) is 7.04. The quantitative estimate of drug-likeness (QED) is 0.706. The first-order valence-corrected chi connectivity index (χ1v) is 9.23. The van der Waals surface area contributed by atoms with E-state index in [4.69, 9.17) is 0 Å². The van der Waals surface area contributed by atoms with Crippen LogP contribution in [0.2, 0.25) is 0 Å². The van der Waals surface area contributed by atoms with Crippen LogP contribution in [0.25, 0.3) is 0 Å². The molecule has 1 aliphatic rings. The van der Waals surface area contributed by atoms with E-state index in [1.807, 2.05) is 41.1 Å². The van der Waals surface area contributed by atoms with Gasteiger partial charge in [-0.2, -0.15) is 0 Å². The molecule has 8 heteroatoms. The van der Waals surface area contributed by atoms with E-state index in [1.165, 1.54) is 12.4 Å². The Hall–Kier alpha value is -3.26. The number of rotatable bonds is 5. The Labute approximate surface area is 162 Å². The fourth-order valence-electron chi connectivity index (χ4n) is 3.34. The molecule has 8 nitrogen and oxygen atoms in total. The Morgan fingerprint density at radius 1 is 1.14 bits per heavy atom. The molecule has 2 N–H and O–H groups in total. The maximum atomic E-state index is 12.7. The Morgan fingerprint density at radius 2 is 1.86 bits per heavy atom. The molecular weight excluding hydrogens is 356 g/mol. The van der Waals surface area contributed by atoms with E-state index in [1.54, 1.807) is 17.4 Å². The summed E-state index contributed by atoms with van der Waals surface area (Å²) < 4.78 is 1.86. The highest BCUT2D eigenvalue weighted by atomic mass is 16.3. The number of likely N-dealkylation sites (tertiary alicyclic amines) is 1. The molecular formula is C20H22N6O2. The van der Waals surface area contributed by atoms with Crippen molar-refractivity contribution < 1.29 is 9.90 Å². The van der Waals surface area contributed by atoms with E-state index in [0.717, 1.165) is 5.69 Å². The van der Waals surface area contributed by atoms with Gasteiger partial charge in [-0.05, 0) is 25.0 Å². The molecule has 1 saturated heterocycles. The van der Waals surface area contributed by atoms with Crippen LogP contribution in [0.15, 0.2) is 61.4 Å². The number of amides is 1. The third kappa shape index (κ3) is 4.17. The lowest BCUT2D eigenvalue weighted by molar-refractivity contribution is -0.0292. The second-order valence-corrected chi connectivity index (χ2v) is 7.04. The van der Waals surface area contributed by atoms with Gasteiger partial charge >= 0.3 is 0 Å². The molecule has 0 saturated carbocycles. The van der Waals surface area contributed by atoms with Gasteiger partial charge in [0.1, 0.15) is 0 Å². The number of nitrogens with one attached hydrogen (secondary N) is 1. The maximum Gasteiger partial charge on any atom is 0.256 e. The van der Waals surface area contributed by atoms with Crippen molar-refractivity contribution >= 4 is 17.5 Å². The van der Waals surface area contributed by atoms with Crippen LogP contribution in [-0.2, 0) is 6.54 Å². The maximum absolute atomic E-state index is 12.7. The number of imidazole rings is 1. The first kappa shape index (κ1) is 18.1. The number of aromatic nitrogens is 4. The van der Waals surface area contributed by atoms with Gasteiger partial charge < -0.3 is 19.9 Å². The molecule has 3 heterocycles. The van der Waals surface area contributed by atoms with Crippen LogP contribution >= 0.6 is 0 Å². The molecule has 1 aromatic carbocycles. The molecule has 28 heavy (non-hydrogen) atoms. The molecule has 0 spiro atoms. The number of anilines is 2. The highest BCUT2D eigenvalue weighted by molar-refractivity contribution is 5.93. The van der Waals surface area contributed by atoms with Crippen LogP contribution in [0, 0.1) is 0 Å². The Morgan fingerprint density at radius 3 is 2.50 bits per heavy atom. The number of aliphatic hydroxyl groups is 1. The minimum Gasteiger partial charge on any atom is -0.388 e. The molecule has 2 aromatic heterocycles. The molecule has 0 unspecified atom stereocenters. The summed E-state index contributed by atoms with van der Waals surface area (Å²) in [5.41, 5.74) is 0.505. The fourth-order valence-corrected chi connectivity index (χ4v) is 3.34. The van der Waals surface area contributed by atoms with Crippen LogP contribution in [0.4, 0.5) is 11.6 Å². The fraction of sp³-hybridized carbons (Fsp3) is 0.300. The molecule has 0 atom stereocenters. The lowest BCUT2D eigenvalue weighted by atomic mass is 9.91. The van der Waals surface area contributed by atoms with Crippen LogP contribution < -0.4 is 5.32 Å². The number of carbonyl (C=O) groups excluding carboxylic acids is 1. The van der Waals surface area contributed by atoms with Crippen molar-refractivity contribution in [1.82, 2.24) is 24.4 Å². The molecule has 1 fully saturated rings. The summed E-state index contributed by atoms with van der Waals surface area (Å²) in [7, 11) is 0. The van der Waals surface area contributed by atoms with Crippen molar-refractivity contribution in [3.05, 3.63) is 67.0 Å².